The van der Waals surface area contributed by atoms with E-state index >= 15 is 0 Å². The summed E-state index contributed by atoms with van der Waals surface area (Å²) in [7, 11) is 0. The van der Waals surface area contributed by atoms with Gasteiger partial charge >= 0.3 is 0 Å². The lowest BCUT2D eigenvalue weighted by molar-refractivity contribution is 0.0627. The second-order valence-corrected chi connectivity index (χ2v) is 4.45. The molecule has 0 saturated heterocycles. The van der Waals surface area contributed by atoms with E-state index in [1.165, 1.54) is 11.1 Å². The number of rotatable bonds is 2. The Kier molecular flexibility index (Phi) is 3.13. The summed E-state index contributed by atoms with van der Waals surface area (Å²) in [6.07, 6.45) is 3.66. The third kappa shape index (κ3) is 1.94. The molecule has 0 aliphatic carbocycles. The molecule has 0 spiro atoms. The number of nitrogens with two attached hydrogens (primary N) is 1. The van der Waals surface area contributed by atoms with Gasteiger partial charge in [0.15, 0.2) is 5.76 Å². The van der Waals surface area contributed by atoms with Crippen LogP contribution in [0.15, 0.2) is 35.0 Å². The van der Waals surface area contributed by atoms with E-state index in [2.05, 4.69) is 17.3 Å². The van der Waals surface area contributed by atoms with Crippen LogP contribution >= 0.6 is 0 Å². The fraction of sp³-hybridized carbons (Fsp3) is 0.357. The predicted octanol–water partition coefficient (Wildman–Crippen LogP) is 2.30. The van der Waals surface area contributed by atoms with Gasteiger partial charge in [-0.15, -0.1) is 0 Å². The van der Waals surface area contributed by atoms with Gasteiger partial charge < -0.3 is 15.0 Å². The van der Waals surface area contributed by atoms with Crippen LogP contribution in [0.2, 0.25) is 0 Å². The predicted molar refractivity (Wildman–Crippen MR) is 68.0 cm³/mol. The zero-order valence-electron chi connectivity index (χ0n) is 10.1. The number of ether oxygens (including phenoxy) is 1. The topological polar surface area (TPSA) is 61.3 Å². The molecule has 1 aliphatic rings. The smallest absolute Gasteiger partial charge is 0.167 e. The molecule has 0 saturated carbocycles. The summed E-state index contributed by atoms with van der Waals surface area (Å²) in [4.78, 5) is 0. The van der Waals surface area contributed by atoms with Crippen LogP contribution < -0.4 is 5.73 Å². The first-order chi connectivity index (χ1) is 8.90. The van der Waals surface area contributed by atoms with Gasteiger partial charge in [0.05, 0.1) is 12.3 Å². The Balaban J connectivity index is 2.12. The Morgan fingerprint density at radius 2 is 2.28 bits per heavy atom. The Labute approximate surface area is 106 Å². The van der Waals surface area contributed by atoms with Crippen LogP contribution in [0, 0.1) is 0 Å². The molecule has 2 N–H and O–H groups in total. The van der Waals surface area contributed by atoms with Crippen LogP contribution in [-0.2, 0) is 11.2 Å². The molecule has 0 bridgehead atoms. The van der Waals surface area contributed by atoms with Crippen molar-refractivity contribution in [3.05, 3.63) is 41.6 Å². The molecule has 2 heterocycles. The summed E-state index contributed by atoms with van der Waals surface area (Å²) >= 11 is 0. The molecule has 0 amide bonds. The highest BCUT2D eigenvalue weighted by Crippen LogP contribution is 2.33. The SMILES string of the molecule is NC[C@H]1OCCCc2c(-c3ccno3)cccc21. The molecule has 1 aromatic carbocycles. The highest BCUT2D eigenvalue weighted by Gasteiger charge is 2.21. The normalized spacial score (nSPS) is 19.3. The van der Waals surface area contributed by atoms with Crippen molar-refractivity contribution in [1.29, 1.82) is 0 Å². The largest absolute Gasteiger partial charge is 0.372 e. The molecule has 18 heavy (non-hydrogen) atoms. The van der Waals surface area contributed by atoms with E-state index in [0.29, 0.717) is 6.54 Å². The Morgan fingerprint density at radius 1 is 1.33 bits per heavy atom. The molecule has 0 unspecified atom stereocenters. The minimum atomic E-state index is -0.00892. The average Bonchev–Trinajstić information content (AvgIpc) is 2.85. The fourth-order valence-corrected chi connectivity index (χ4v) is 2.53. The molecule has 94 valence electrons. The molecule has 4 heteroatoms. The van der Waals surface area contributed by atoms with E-state index < -0.39 is 0 Å². The number of hydrogen-bond donors (Lipinski definition) is 1. The minimum Gasteiger partial charge on any atom is -0.372 e. The lowest BCUT2D eigenvalue weighted by atomic mass is 9.93. The molecule has 1 atom stereocenters. The van der Waals surface area contributed by atoms with Crippen molar-refractivity contribution >= 4 is 0 Å². The van der Waals surface area contributed by atoms with Crippen LogP contribution in [0.25, 0.3) is 11.3 Å². The molecule has 3 rings (SSSR count). The lowest BCUT2D eigenvalue weighted by Crippen LogP contribution is -2.16. The maximum Gasteiger partial charge on any atom is 0.167 e. The molecule has 1 aliphatic heterocycles. The first-order valence-electron chi connectivity index (χ1n) is 6.24. The van der Waals surface area contributed by atoms with Crippen LogP contribution in [0.4, 0.5) is 0 Å². The summed E-state index contributed by atoms with van der Waals surface area (Å²) in [6.45, 7) is 1.26. The highest BCUT2D eigenvalue weighted by atomic mass is 16.5. The van der Waals surface area contributed by atoms with Crippen LogP contribution in [-0.4, -0.2) is 18.3 Å². The molecular formula is C14H16N2O2. The first-order valence-corrected chi connectivity index (χ1v) is 6.24. The maximum atomic E-state index is 5.80. The Hall–Kier alpha value is -1.65. The van der Waals surface area contributed by atoms with E-state index in [-0.39, 0.29) is 6.10 Å². The second kappa shape index (κ2) is 4.92. The zero-order chi connectivity index (χ0) is 12.4. The zero-order valence-corrected chi connectivity index (χ0v) is 10.1. The van der Waals surface area contributed by atoms with Gasteiger partial charge in [-0.2, -0.15) is 0 Å². The highest BCUT2D eigenvalue weighted by molar-refractivity contribution is 5.64. The van der Waals surface area contributed by atoms with Crippen molar-refractivity contribution in [2.75, 3.05) is 13.2 Å². The van der Waals surface area contributed by atoms with Crippen molar-refractivity contribution in [2.24, 2.45) is 5.73 Å². The van der Waals surface area contributed by atoms with E-state index in [1.807, 2.05) is 12.1 Å². The minimum absolute atomic E-state index is 0.00892. The molecule has 4 nitrogen and oxygen atoms in total. The van der Waals surface area contributed by atoms with E-state index in [0.717, 1.165) is 30.8 Å². The van der Waals surface area contributed by atoms with Crippen molar-refractivity contribution in [3.63, 3.8) is 0 Å². The van der Waals surface area contributed by atoms with Crippen molar-refractivity contribution < 1.29 is 9.26 Å². The number of aromatic nitrogens is 1. The van der Waals surface area contributed by atoms with Crippen LogP contribution in [0.5, 0.6) is 0 Å². The average molecular weight is 244 g/mol. The monoisotopic (exact) mass is 244 g/mol. The van der Waals surface area contributed by atoms with E-state index in [9.17, 15) is 0 Å². The van der Waals surface area contributed by atoms with E-state index in [4.69, 9.17) is 15.0 Å². The van der Waals surface area contributed by atoms with Crippen LogP contribution in [0.3, 0.4) is 0 Å². The quantitative estimate of drug-likeness (QED) is 0.880. The summed E-state index contributed by atoms with van der Waals surface area (Å²) in [6, 6.07) is 8.07. The Bertz CT molecular complexity index is 523. The van der Waals surface area contributed by atoms with Gasteiger partial charge in [-0.05, 0) is 24.0 Å². The van der Waals surface area contributed by atoms with Gasteiger partial charge in [0, 0.05) is 24.8 Å². The van der Waals surface area contributed by atoms with Gasteiger partial charge in [-0.1, -0.05) is 23.4 Å². The number of hydrogen-bond acceptors (Lipinski definition) is 4. The molecular weight excluding hydrogens is 228 g/mol. The van der Waals surface area contributed by atoms with Gasteiger partial charge in [0.1, 0.15) is 0 Å². The van der Waals surface area contributed by atoms with Gasteiger partial charge in [-0.3, -0.25) is 0 Å². The van der Waals surface area contributed by atoms with Crippen molar-refractivity contribution in [2.45, 2.75) is 18.9 Å². The lowest BCUT2D eigenvalue weighted by Gasteiger charge is -2.17. The van der Waals surface area contributed by atoms with Crippen molar-refractivity contribution in [1.82, 2.24) is 5.16 Å². The maximum absolute atomic E-state index is 5.80. The standard InChI is InChI=1S/C14H16N2O2/c15-9-14-12-4-1-3-11(13-6-7-16-18-13)10(12)5-2-8-17-14/h1,3-4,6-7,14H,2,5,8-9,15H2/t14-/m1/s1. The summed E-state index contributed by atoms with van der Waals surface area (Å²) < 4.78 is 11.1. The summed E-state index contributed by atoms with van der Waals surface area (Å²) in [5.74, 6) is 0.810. The second-order valence-electron chi connectivity index (χ2n) is 4.45. The summed E-state index contributed by atoms with van der Waals surface area (Å²) in [5.41, 5.74) is 9.36. The van der Waals surface area contributed by atoms with Gasteiger partial charge in [0.2, 0.25) is 0 Å². The third-order valence-corrected chi connectivity index (χ3v) is 3.37. The molecule has 1 aromatic heterocycles. The molecule has 2 aromatic rings. The number of benzene rings is 1. The van der Waals surface area contributed by atoms with Crippen LogP contribution in [0.1, 0.15) is 23.7 Å². The van der Waals surface area contributed by atoms with Gasteiger partial charge in [0.25, 0.3) is 0 Å². The molecule has 0 fully saturated rings. The van der Waals surface area contributed by atoms with Gasteiger partial charge in [-0.25, -0.2) is 0 Å². The number of fused-ring (bicyclic) bond motifs is 1. The number of nitrogens with zero attached hydrogens (tertiary/aromatic N) is 1. The third-order valence-electron chi connectivity index (χ3n) is 3.37. The first kappa shape index (κ1) is 11.4. The van der Waals surface area contributed by atoms with Crippen molar-refractivity contribution in [3.8, 4) is 11.3 Å². The Morgan fingerprint density at radius 3 is 3.06 bits per heavy atom. The fourth-order valence-electron chi connectivity index (χ4n) is 2.53. The summed E-state index contributed by atoms with van der Waals surface area (Å²) in [5, 5.41) is 3.78. The molecule has 0 radical (unpaired) electrons. The van der Waals surface area contributed by atoms with E-state index in [1.54, 1.807) is 6.20 Å².